The molecule has 0 spiro atoms. The van der Waals surface area contributed by atoms with E-state index in [9.17, 15) is 9.90 Å². The van der Waals surface area contributed by atoms with Crippen LogP contribution in [0.3, 0.4) is 0 Å². The number of aromatic carboxylic acids is 1. The monoisotopic (exact) mass is 284 g/mol. The Kier molecular flexibility index (Phi) is 3.65. The van der Waals surface area contributed by atoms with Crippen LogP contribution in [0.5, 0.6) is 0 Å². The van der Waals surface area contributed by atoms with E-state index in [1.807, 2.05) is 6.92 Å². The maximum atomic E-state index is 11.3. The van der Waals surface area contributed by atoms with E-state index in [0.29, 0.717) is 5.02 Å². The molecule has 18 heavy (non-hydrogen) atoms. The Morgan fingerprint density at radius 3 is 2.83 bits per heavy atom. The van der Waals surface area contributed by atoms with E-state index >= 15 is 0 Å². The number of carboxylic acid groups (broad SMARTS) is 1. The molecule has 0 amide bonds. The molecule has 2 nitrogen and oxygen atoms in total. The Morgan fingerprint density at radius 2 is 2.28 bits per heavy atom. The van der Waals surface area contributed by atoms with Gasteiger partial charge in [-0.1, -0.05) is 25.4 Å². The van der Waals surface area contributed by atoms with E-state index in [2.05, 4.69) is 13.8 Å². The fourth-order valence-electron chi connectivity index (χ4n) is 2.51. The van der Waals surface area contributed by atoms with Crippen molar-refractivity contribution >= 4 is 29.3 Å². The van der Waals surface area contributed by atoms with Gasteiger partial charge in [0, 0.05) is 4.90 Å². The molecule has 1 aromatic rings. The number of hydrogen-bond acceptors (Lipinski definition) is 2. The van der Waals surface area contributed by atoms with Gasteiger partial charge in [-0.2, -0.15) is 0 Å². The van der Waals surface area contributed by atoms with Crippen LogP contribution in [0.15, 0.2) is 11.0 Å². The second kappa shape index (κ2) is 4.78. The number of benzene rings is 1. The summed E-state index contributed by atoms with van der Waals surface area (Å²) in [5.74, 6) is 0.126. The average Bonchev–Trinajstić information content (AvgIpc) is 2.33. The van der Waals surface area contributed by atoms with Gasteiger partial charge in [-0.3, -0.25) is 0 Å². The van der Waals surface area contributed by atoms with Crippen molar-refractivity contribution in [3.63, 3.8) is 0 Å². The van der Waals surface area contributed by atoms with E-state index in [0.717, 1.165) is 29.7 Å². The highest BCUT2D eigenvalue weighted by molar-refractivity contribution is 7.99. The maximum absolute atomic E-state index is 11.3. The molecule has 0 fully saturated rings. The van der Waals surface area contributed by atoms with Gasteiger partial charge in [-0.15, -0.1) is 11.8 Å². The van der Waals surface area contributed by atoms with Crippen LogP contribution in [-0.2, 0) is 5.41 Å². The summed E-state index contributed by atoms with van der Waals surface area (Å²) in [6, 6.07) is 1.69. The first-order chi connectivity index (χ1) is 8.40. The maximum Gasteiger partial charge on any atom is 0.337 e. The quantitative estimate of drug-likeness (QED) is 0.868. The highest BCUT2D eigenvalue weighted by Crippen LogP contribution is 2.49. The molecular formula is C14H17ClO2S. The highest BCUT2D eigenvalue weighted by Gasteiger charge is 2.35. The highest BCUT2D eigenvalue weighted by atomic mass is 35.5. The molecule has 98 valence electrons. The standard InChI is InChI=1S/C14H17ClO2S/c1-4-14(3)5-6-18-12-8(2)7-9(13(16)17)11(15)10(12)14/h7H,4-6H2,1-3H3,(H,16,17). The van der Waals surface area contributed by atoms with E-state index < -0.39 is 5.97 Å². The predicted molar refractivity (Wildman–Crippen MR) is 76.1 cm³/mol. The van der Waals surface area contributed by atoms with Gasteiger partial charge in [0.2, 0.25) is 0 Å². The fraction of sp³-hybridized carbons (Fsp3) is 0.500. The number of carbonyl (C=O) groups is 1. The van der Waals surface area contributed by atoms with Crippen LogP contribution >= 0.6 is 23.4 Å². The van der Waals surface area contributed by atoms with Crippen LogP contribution < -0.4 is 0 Å². The van der Waals surface area contributed by atoms with Gasteiger partial charge in [-0.25, -0.2) is 4.79 Å². The summed E-state index contributed by atoms with van der Waals surface area (Å²) in [7, 11) is 0. The molecule has 0 radical (unpaired) electrons. The summed E-state index contributed by atoms with van der Waals surface area (Å²) in [6.07, 6.45) is 2.02. The molecule has 2 rings (SSSR count). The molecule has 1 aromatic carbocycles. The first kappa shape index (κ1) is 13.8. The van der Waals surface area contributed by atoms with E-state index in [4.69, 9.17) is 11.6 Å². The summed E-state index contributed by atoms with van der Waals surface area (Å²) in [4.78, 5) is 12.4. The normalized spacial score (nSPS) is 22.7. The van der Waals surface area contributed by atoms with Gasteiger partial charge in [0.1, 0.15) is 0 Å². The topological polar surface area (TPSA) is 37.3 Å². The number of carboxylic acids is 1. The molecule has 1 atom stereocenters. The average molecular weight is 285 g/mol. The lowest BCUT2D eigenvalue weighted by atomic mass is 9.76. The number of halogens is 1. The molecule has 1 N–H and O–H groups in total. The van der Waals surface area contributed by atoms with Crippen LogP contribution in [0.4, 0.5) is 0 Å². The minimum Gasteiger partial charge on any atom is -0.478 e. The second-order valence-electron chi connectivity index (χ2n) is 5.08. The molecular weight excluding hydrogens is 268 g/mol. The Morgan fingerprint density at radius 1 is 1.61 bits per heavy atom. The number of rotatable bonds is 2. The Hall–Kier alpha value is -0.670. The van der Waals surface area contributed by atoms with Crippen molar-refractivity contribution in [2.75, 3.05) is 5.75 Å². The summed E-state index contributed by atoms with van der Waals surface area (Å²) in [6.45, 7) is 6.29. The Bertz CT molecular complexity index is 513. The van der Waals surface area contributed by atoms with E-state index in [1.54, 1.807) is 17.8 Å². The largest absolute Gasteiger partial charge is 0.478 e. The minimum atomic E-state index is -0.945. The summed E-state index contributed by atoms with van der Waals surface area (Å²) >= 11 is 8.15. The zero-order valence-electron chi connectivity index (χ0n) is 10.8. The molecule has 0 aliphatic carbocycles. The second-order valence-corrected chi connectivity index (χ2v) is 6.56. The van der Waals surface area contributed by atoms with Crippen molar-refractivity contribution in [2.24, 2.45) is 0 Å². The summed E-state index contributed by atoms with van der Waals surface area (Å²) < 4.78 is 0. The molecule has 1 aliphatic heterocycles. The lowest BCUT2D eigenvalue weighted by Crippen LogP contribution is -2.27. The minimum absolute atomic E-state index is 0.00606. The van der Waals surface area contributed by atoms with Gasteiger partial charge < -0.3 is 5.11 Å². The molecule has 4 heteroatoms. The Balaban J connectivity index is 2.76. The van der Waals surface area contributed by atoms with Crippen LogP contribution in [0.1, 0.15) is 48.2 Å². The lowest BCUT2D eigenvalue weighted by molar-refractivity contribution is 0.0696. The Labute approximate surface area is 117 Å². The first-order valence-electron chi connectivity index (χ1n) is 6.10. The molecule has 0 aromatic heterocycles. The van der Waals surface area contributed by atoms with Gasteiger partial charge in [-0.05, 0) is 48.1 Å². The zero-order chi connectivity index (χ0) is 13.5. The smallest absolute Gasteiger partial charge is 0.337 e. The van der Waals surface area contributed by atoms with Crippen molar-refractivity contribution in [1.29, 1.82) is 0 Å². The van der Waals surface area contributed by atoms with Crippen LogP contribution in [0, 0.1) is 6.92 Å². The van der Waals surface area contributed by atoms with Gasteiger partial charge in [0.05, 0.1) is 10.6 Å². The van der Waals surface area contributed by atoms with Crippen molar-refractivity contribution in [3.05, 3.63) is 27.8 Å². The predicted octanol–water partition coefficient (Wildman–Crippen LogP) is 4.51. The molecule has 0 saturated carbocycles. The lowest BCUT2D eigenvalue weighted by Gasteiger charge is -2.36. The molecule has 1 aliphatic rings. The van der Waals surface area contributed by atoms with Crippen LogP contribution in [0.2, 0.25) is 5.02 Å². The number of fused-ring (bicyclic) bond motifs is 1. The van der Waals surface area contributed by atoms with Gasteiger partial charge >= 0.3 is 5.97 Å². The summed E-state index contributed by atoms with van der Waals surface area (Å²) in [5, 5.41) is 9.67. The number of aryl methyl sites for hydroxylation is 1. The molecule has 0 saturated heterocycles. The number of hydrogen-bond donors (Lipinski definition) is 1. The fourth-order valence-corrected chi connectivity index (χ4v) is 4.56. The third kappa shape index (κ3) is 2.04. The van der Waals surface area contributed by atoms with E-state index in [-0.39, 0.29) is 11.0 Å². The third-order valence-corrected chi connectivity index (χ3v) is 5.53. The molecule has 1 unspecified atom stereocenters. The first-order valence-corrected chi connectivity index (χ1v) is 7.46. The van der Waals surface area contributed by atoms with Crippen molar-refractivity contribution in [1.82, 2.24) is 0 Å². The van der Waals surface area contributed by atoms with Crippen LogP contribution in [0.25, 0.3) is 0 Å². The SMILES string of the molecule is CCC1(C)CCSc2c(C)cc(C(=O)O)c(Cl)c21. The van der Waals surface area contributed by atoms with Gasteiger partial charge in [0.25, 0.3) is 0 Å². The van der Waals surface area contributed by atoms with E-state index in [1.165, 1.54) is 4.90 Å². The zero-order valence-corrected chi connectivity index (χ0v) is 12.4. The molecule has 0 bridgehead atoms. The summed E-state index contributed by atoms with van der Waals surface area (Å²) in [5.41, 5.74) is 2.29. The van der Waals surface area contributed by atoms with Crippen LogP contribution in [-0.4, -0.2) is 16.8 Å². The molecule has 1 heterocycles. The van der Waals surface area contributed by atoms with Crippen molar-refractivity contribution < 1.29 is 9.90 Å². The van der Waals surface area contributed by atoms with Crippen molar-refractivity contribution in [2.45, 2.75) is 43.9 Å². The number of thioether (sulfide) groups is 1. The third-order valence-electron chi connectivity index (χ3n) is 3.92. The van der Waals surface area contributed by atoms with Gasteiger partial charge in [0.15, 0.2) is 0 Å². The van der Waals surface area contributed by atoms with Crippen molar-refractivity contribution in [3.8, 4) is 0 Å².